The molecule has 1 aliphatic heterocycles. The summed E-state index contributed by atoms with van der Waals surface area (Å²) in [7, 11) is 0. The maximum Gasteiger partial charge on any atom is 0.325 e. The lowest BCUT2D eigenvalue weighted by molar-refractivity contribution is -0.138. The zero-order chi connectivity index (χ0) is 18.8. The van der Waals surface area contributed by atoms with E-state index in [9.17, 15) is 9.59 Å². The van der Waals surface area contributed by atoms with E-state index in [4.69, 9.17) is 5.11 Å². The molecule has 4 rings (SSSR count). The van der Waals surface area contributed by atoms with Gasteiger partial charge in [-0.05, 0) is 30.5 Å². The number of carboxylic acid groups (broad SMARTS) is 1. The summed E-state index contributed by atoms with van der Waals surface area (Å²) < 4.78 is 1.43. The highest BCUT2D eigenvalue weighted by Crippen LogP contribution is 2.27. The number of benzene rings is 1. The van der Waals surface area contributed by atoms with Crippen LogP contribution < -0.4 is 0 Å². The Labute approximate surface area is 156 Å². The molecule has 7 nitrogen and oxygen atoms in total. The summed E-state index contributed by atoms with van der Waals surface area (Å²) in [6.45, 7) is 1.24. The van der Waals surface area contributed by atoms with Gasteiger partial charge in [-0.3, -0.25) is 14.3 Å². The highest BCUT2D eigenvalue weighted by molar-refractivity contribution is 5.88. The van der Waals surface area contributed by atoms with Gasteiger partial charge in [0.2, 0.25) is 5.91 Å². The number of hydrogen-bond acceptors (Lipinski definition) is 3. The summed E-state index contributed by atoms with van der Waals surface area (Å²) in [6, 6.07) is 9.86. The Balaban J connectivity index is 1.44. The Morgan fingerprint density at radius 3 is 2.96 bits per heavy atom. The Bertz CT molecular complexity index is 974. The van der Waals surface area contributed by atoms with E-state index in [1.807, 2.05) is 41.4 Å². The maximum atomic E-state index is 12.8. The maximum absolute atomic E-state index is 12.8. The van der Waals surface area contributed by atoms with Crippen molar-refractivity contribution >= 4 is 22.8 Å². The number of carbonyl (C=O) groups excluding carboxylic acids is 1. The lowest BCUT2D eigenvalue weighted by atomic mass is 9.94. The van der Waals surface area contributed by atoms with E-state index in [1.54, 1.807) is 6.20 Å². The van der Waals surface area contributed by atoms with Gasteiger partial charge in [0, 0.05) is 42.3 Å². The number of carbonyl (C=O) groups is 2. The number of likely N-dealkylation sites (tertiary alicyclic amines) is 1. The second-order valence-corrected chi connectivity index (χ2v) is 7.05. The van der Waals surface area contributed by atoms with Crippen LogP contribution in [0.3, 0.4) is 0 Å². The van der Waals surface area contributed by atoms with E-state index < -0.39 is 5.97 Å². The molecule has 140 valence electrons. The number of amides is 1. The van der Waals surface area contributed by atoms with Crippen LogP contribution in [0.2, 0.25) is 0 Å². The number of H-pyrrole nitrogens is 1. The summed E-state index contributed by atoms with van der Waals surface area (Å²) in [5.41, 5.74) is 2.92. The molecular weight excluding hydrogens is 344 g/mol. The molecule has 0 bridgehead atoms. The monoisotopic (exact) mass is 366 g/mol. The van der Waals surface area contributed by atoms with Gasteiger partial charge < -0.3 is 15.0 Å². The van der Waals surface area contributed by atoms with Crippen molar-refractivity contribution in [2.24, 2.45) is 0 Å². The molecule has 0 saturated carbocycles. The Hall–Kier alpha value is -3.09. The SMILES string of the molecule is O=C(O)Cn1ccc(C2CCCN(C(=O)Cc3c[nH]c4ccccc34)C2)n1. The molecule has 0 spiro atoms. The van der Waals surface area contributed by atoms with E-state index in [0.29, 0.717) is 13.0 Å². The lowest BCUT2D eigenvalue weighted by Crippen LogP contribution is -2.40. The largest absolute Gasteiger partial charge is 0.480 e. The summed E-state index contributed by atoms with van der Waals surface area (Å²) in [5.74, 6) is -0.640. The molecule has 1 aromatic carbocycles. The Morgan fingerprint density at radius 1 is 1.26 bits per heavy atom. The van der Waals surface area contributed by atoms with Gasteiger partial charge >= 0.3 is 5.97 Å². The Kier molecular flexibility index (Phi) is 4.66. The average molecular weight is 366 g/mol. The summed E-state index contributed by atoms with van der Waals surface area (Å²) in [4.78, 5) is 28.8. The van der Waals surface area contributed by atoms with E-state index in [-0.39, 0.29) is 18.4 Å². The van der Waals surface area contributed by atoms with Gasteiger partial charge in [-0.15, -0.1) is 0 Å². The average Bonchev–Trinajstić information content (AvgIpc) is 3.29. The van der Waals surface area contributed by atoms with Crippen LogP contribution in [0.5, 0.6) is 0 Å². The van der Waals surface area contributed by atoms with E-state index in [2.05, 4.69) is 10.1 Å². The van der Waals surface area contributed by atoms with Gasteiger partial charge in [0.15, 0.2) is 0 Å². The van der Waals surface area contributed by atoms with E-state index >= 15 is 0 Å². The van der Waals surface area contributed by atoms with Crippen LogP contribution >= 0.6 is 0 Å². The van der Waals surface area contributed by atoms with Gasteiger partial charge in [-0.25, -0.2) is 0 Å². The first kappa shape index (κ1) is 17.3. The fourth-order valence-corrected chi connectivity index (χ4v) is 3.82. The minimum Gasteiger partial charge on any atom is -0.480 e. The van der Waals surface area contributed by atoms with Crippen LogP contribution in [0.25, 0.3) is 10.9 Å². The number of aromatic nitrogens is 3. The lowest BCUT2D eigenvalue weighted by Gasteiger charge is -2.32. The Morgan fingerprint density at radius 2 is 2.11 bits per heavy atom. The van der Waals surface area contributed by atoms with Gasteiger partial charge in [-0.2, -0.15) is 5.10 Å². The van der Waals surface area contributed by atoms with Crippen LogP contribution in [-0.4, -0.2) is 49.7 Å². The summed E-state index contributed by atoms with van der Waals surface area (Å²) >= 11 is 0. The smallest absolute Gasteiger partial charge is 0.325 e. The molecule has 3 heterocycles. The number of para-hydroxylation sites is 1. The van der Waals surface area contributed by atoms with Gasteiger partial charge in [0.25, 0.3) is 0 Å². The van der Waals surface area contributed by atoms with Crippen molar-refractivity contribution in [1.29, 1.82) is 0 Å². The van der Waals surface area contributed by atoms with Gasteiger partial charge in [0.05, 0.1) is 12.1 Å². The molecule has 1 amide bonds. The predicted molar refractivity (Wildman–Crippen MR) is 100 cm³/mol. The molecule has 2 N–H and O–H groups in total. The van der Waals surface area contributed by atoms with Crippen molar-refractivity contribution in [3.05, 3.63) is 54.0 Å². The predicted octanol–water partition coefficient (Wildman–Crippen LogP) is 2.40. The molecule has 7 heteroatoms. The van der Waals surface area contributed by atoms with Crippen molar-refractivity contribution in [3.63, 3.8) is 0 Å². The molecule has 27 heavy (non-hydrogen) atoms. The summed E-state index contributed by atoms with van der Waals surface area (Å²) in [6.07, 6.45) is 5.87. The first-order chi connectivity index (χ1) is 13.1. The van der Waals surface area contributed by atoms with Crippen molar-refractivity contribution in [2.75, 3.05) is 13.1 Å². The van der Waals surface area contributed by atoms with Crippen LogP contribution in [0.4, 0.5) is 0 Å². The highest BCUT2D eigenvalue weighted by Gasteiger charge is 2.26. The van der Waals surface area contributed by atoms with E-state index in [1.165, 1.54) is 4.68 Å². The molecule has 1 fully saturated rings. The number of aromatic amines is 1. The number of rotatable bonds is 5. The number of fused-ring (bicyclic) bond motifs is 1. The zero-order valence-corrected chi connectivity index (χ0v) is 15.0. The molecule has 0 radical (unpaired) electrons. The first-order valence-electron chi connectivity index (χ1n) is 9.18. The molecular formula is C20H22N4O3. The minimum absolute atomic E-state index is 0.120. The fraction of sp³-hybridized carbons (Fsp3) is 0.350. The zero-order valence-electron chi connectivity index (χ0n) is 15.0. The normalized spacial score (nSPS) is 17.3. The molecule has 1 saturated heterocycles. The van der Waals surface area contributed by atoms with Crippen LogP contribution in [0.15, 0.2) is 42.7 Å². The molecule has 1 unspecified atom stereocenters. The quantitative estimate of drug-likeness (QED) is 0.725. The number of carboxylic acids is 1. The third-order valence-corrected chi connectivity index (χ3v) is 5.17. The second kappa shape index (κ2) is 7.26. The highest BCUT2D eigenvalue weighted by atomic mass is 16.4. The van der Waals surface area contributed by atoms with Crippen LogP contribution in [-0.2, 0) is 22.6 Å². The number of nitrogens with one attached hydrogen (secondary N) is 1. The molecule has 1 aliphatic rings. The standard InChI is InChI=1S/C20H22N4O3/c25-19(10-15-11-21-18-6-2-1-5-16(15)18)23-8-3-4-14(12-23)17-7-9-24(22-17)13-20(26)27/h1-2,5-7,9,11,14,21H,3-4,8,10,12-13H2,(H,26,27). The van der Waals surface area contributed by atoms with Crippen molar-refractivity contribution in [1.82, 2.24) is 19.7 Å². The fourth-order valence-electron chi connectivity index (χ4n) is 3.82. The molecule has 0 aliphatic carbocycles. The second-order valence-electron chi connectivity index (χ2n) is 7.05. The third-order valence-electron chi connectivity index (χ3n) is 5.17. The molecule has 1 atom stereocenters. The number of nitrogens with zero attached hydrogens (tertiary/aromatic N) is 3. The molecule has 2 aromatic heterocycles. The number of aliphatic carboxylic acids is 1. The van der Waals surface area contributed by atoms with Crippen LogP contribution in [0, 0.1) is 0 Å². The van der Waals surface area contributed by atoms with E-state index in [0.717, 1.165) is 41.5 Å². The van der Waals surface area contributed by atoms with Crippen molar-refractivity contribution in [3.8, 4) is 0 Å². The summed E-state index contributed by atoms with van der Waals surface area (Å²) in [5, 5.41) is 14.3. The topological polar surface area (TPSA) is 91.2 Å². The van der Waals surface area contributed by atoms with Gasteiger partial charge in [-0.1, -0.05) is 18.2 Å². The first-order valence-corrected chi connectivity index (χ1v) is 9.18. The number of piperidine rings is 1. The van der Waals surface area contributed by atoms with Gasteiger partial charge in [0.1, 0.15) is 6.54 Å². The minimum atomic E-state index is -0.913. The van der Waals surface area contributed by atoms with Crippen LogP contribution in [0.1, 0.15) is 30.0 Å². The third kappa shape index (κ3) is 3.72. The number of hydrogen-bond donors (Lipinski definition) is 2. The van der Waals surface area contributed by atoms with Crippen molar-refractivity contribution in [2.45, 2.75) is 31.7 Å². The van der Waals surface area contributed by atoms with Crippen molar-refractivity contribution < 1.29 is 14.7 Å². The molecule has 3 aromatic rings.